The zero-order chi connectivity index (χ0) is 16.8. The van der Waals surface area contributed by atoms with Crippen LogP contribution in [-0.4, -0.2) is 45.6 Å². The SMILES string of the molecule is O=S(=O)(c1ccc(OCC#Cc2cccs2)cc1)N1CCOCC1. The first-order valence-corrected chi connectivity index (χ1v) is 9.81. The average Bonchev–Trinajstić information content (AvgIpc) is 3.13. The monoisotopic (exact) mass is 363 g/mol. The molecule has 7 heteroatoms. The van der Waals surface area contributed by atoms with E-state index in [9.17, 15) is 8.42 Å². The second-order valence-corrected chi connectivity index (χ2v) is 7.94. The van der Waals surface area contributed by atoms with E-state index >= 15 is 0 Å². The summed E-state index contributed by atoms with van der Waals surface area (Å²) in [5.41, 5.74) is 0. The third-order valence-corrected chi connectivity index (χ3v) is 6.17. The number of rotatable bonds is 4. The fourth-order valence-electron chi connectivity index (χ4n) is 2.24. The molecule has 0 N–H and O–H groups in total. The molecule has 3 rings (SSSR count). The number of benzene rings is 1. The van der Waals surface area contributed by atoms with E-state index in [0.29, 0.717) is 32.1 Å². The molecule has 0 saturated carbocycles. The Balaban J connectivity index is 1.60. The van der Waals surface area contributed by atoms with Gasteiger partial charge in [0, 0.05) is 13.1 Å². The average molecular weight is 363 g/mol. The minimum atomic E-state index is -3.46. The maximum absolute atomic E-state index is 12.5. The van der Waals surface area contributed by atoms with Gasteiger partial charge in [0.15, 0.2) is 0 Å². The summed E-state index contributed by atoms with van der Waals surface area (Å²) >= 11 is 1.58. The number of morpholine rings is 1. The molecule has 0 aliphatic carbocycles. The molecule has 0 amide bonds. The summed E-state index contributed by atoms with van der Waals surface area (Å²) in [5, 5.41) is 1.97. The first-order valence-electron chi connectivity index (χ1n) is 7.49. The van der Waals surface area contributed by atoms with Crippen molar-refractivity contribution in [3.8, 4) is 17.6 Å². The van der Waals surface area contributed by atoms with Crippen molar-refractivity contribution < 1.29 is 17.9 Å². The Labute approximate surface area is 145 Å². The molecule has 0 radical (unpaired) electrons. The van der Waals surface area contributed by atoms with Gasteiger partial charge in [-0.2, -0.15) is 4.31 Å². The van der Waals surface area contributed by atoms with Crippen LogP contribution in [-0.2, 0) is 14.8 Å². The molecular weight excluding hydrogens is 346 g/mol. The topological polar surface area (TPSA) is 55.8 Å². The fourth-order valence-corrected chi connectivity index (χ4v) is 4.24. The first-order chi connectivity index (χ1) is 11.7. The lowest BCUT2D eigenvalue weighted by atomic mass is 10.3. The molecule has 0 atom stereocenters. The molecule has 1 aliphatic rings. The van der Waals surface area contributed by atoms with Gasteiger partial charge in [0.1, 0.15) is 12.4 Å². The highest BCUT2D eigenvalue weighted by Crippen LogP contribution is 2.20. The Morgan fingerprint density at radius 3 is 2.58 bits per heavy atom. The second-order valence-electron chi connectivity index (χ2n) is 5.06. The Bertz CT molecular complexity index is 812. The number of thiophene rings is 1. The summed E-state index contributed by atoms with van der Waals surface area (Å²) in [6, 6.07) is 10.3. The minimum Gasteiger partial charge on any atom is -0.481 e. The van der Waals surface area contributed by atoms with Gasteiger partial charge in [-0.1, -0.05) is 17.9 Å². The van der Waals surface area contributed by atoms with E-state index in [-0.39, 0.29) is 11.5 Å². The van der Waals surface area contributed by atoms with E-state index in [1.807, 2.05) is 17.5 Å². The highest BCUT2D eigenvalue weighted by molar-refractivity contribution is 7.89. The molecule has 0 unspecified atom stereocenters. The van der Waals surface area contributed by atoms with E-state index < -0.39 is 10.0 Å². The number of ether oxygens (including phenoxy) is 2. The zero-order valence-electron chi connectivity index (χ0n) is 13.0. The maximum atomic E-state index is 12.5. The van der Waals surface area contributed by atoms with Crippen LogP contribution in [0.2, 0.25) is 0 Å². The number of hydrogen-bond acceptors (Lipinski definition) is 5. The van der Waals surface area contributed by atoms with Gasteiger partial charge in [-0.25, -0.2) is 8.42 Å². The number of hydrogen-bond donors (Lipinski definition) is 0. The van der Waals surface area contributed by atoms with Crippen molar-refractivity contribution in [3.63, 3.8) is 0 Å². The molecule has 1 aromatic carbocycles. The van der Waals surface area contributed by atoms with Gasteiger partial charge in [-0.3, -0.25) is 0 Å². The molecule has 1 fully saturated rings. The van der Waals surface area contributed by atoms with Crippen LogP contribution in [0.15, 0.2) is 46.7 Å². The van der Waals surface area contributed by atoms with Crippen molar-refractivity contribution in [2.45, 2.75) is 4.90 Å². The van der Waals surface area contributed by atoms with E-state index in [0.717, 1.165) is 4.88 Å². The van der Waals surface area contributed by atoms with Gasteiger partial charge in [-0.15, -0.1) is 11.3 Å². The van der Waals surface area contributed by atoms with E-state index in [4.69, 9.17) is 9.47 Å². The van der Waals surface area contributed by atoms with Crippen LogP contribution in [0.1, 0.15) is 4.88 Å². The van der Waals surface area contributed by atoms with Crippen molar-refractivity contribution in [1.82, 2.24) is 4.31 Å². The Kier molecular flexibility index (Phi) is 5.53. The predicted molar refractivity (Wildman–Crippen MR) is 92.7 cm³/mol. The molecule has 1 aliphatic heterocycles. The highest BCUT2D eigenvalue weighted by atomic mass is 32.2. The Morgan fingerprint density at radius 2 is 1.92 bits per heavy atom. The molecular formula is C17H17NO4S2. The summed E-state index contributed by atoms with van der Waals surface area (Å²) in [6.45, 7) is 1.90. The molecule has 24 heavy (non-hydrogen) atoms. The standard InChI is InChI=1S/C17H17NO4S2/c19-24(20,18-9-12-21-13-10-18)17-7-5-15(6-8-17)22-11-1-3-16-4-2-14-23-16/h2,4-8,14H,9-13H2. The third-order valence-electron chi connectivity index (χ3n) is 3.48. The first kappa shape index (κ1) is 17.0. The Hall–Kier alpha value is -1.85. The van der Waals surface area contributed by atoms with Gasteiger partial charge in [-0.05, 0) is 35.7 Å². The van der Waals surface area contributed by atoms with Gasteiger partial charge in [0.25, 0.3) is 0 Å². The molecule has 0 bridgehead atoms. The van der Waals surface area contributed by atoms with Crippen molar-refractivity contribution in [2.75, 3.05) is 32.9 Å². The van der Waals surface area contributed by atoms with Crippen molar-refractivity contribution in [3.05, 3.63) is 46.7 Å². The van der Waals surface area contributed by atoms with Crippen molar-refractivity contribution >= 4 is 21.4 Å². The minimum absolute atomic E-state index is 0.257. The van der Waals surface area contributed by atoms with Gasteiger partial charge in [0.05, 0.1) is 23.0 Å². The number of nitrogens with zero attached hydrogens (tertiary/aromatic N) is 1. The molecule has 0 spiro atoms. The fraction of sp³-hybridized carbons (Fsp3) is 0.294. The van der Waals surface area contributed by atoms with E-state index in [1.54, 1.807) is 35.6 Å². The van der Waals surface area contributed by atoms with Crippen LogP contribution in [0.5, 0.6) is 5.75 Å². The van der Waals surface area contributed by atoms with Gasteiger partial charge >= 0.3 is 0 Å². The summed E-state index contributed by atoms with van der Waals surface area (Å²) in [6.07, 6.45) is 0. The highest BCUT2D eigenvalue weighted by Gasteiger charge is 2.26. The molecule has 126 valence electrons. The van der Waals surface area contributed by atoms with Crippen molar-refractivity contribution in [2.24, 2.45) is 0 Å². The van der Waals surface area contributed by atoms with Crippen LogP contribution in [0, 0.1) is 11.8 Å². The van der Waals surface area contributed by atoms with Crippen LogP contribution < -0.4 is 4.74 Å². The summed E-state index contributed by atoms with van der Waals surface area (Å²) in [5.74, 6) is 6.53. The van der Waals surface area contributed by atoms with E-state index in [1.165, 1.54) is 4.31 Å². The van der Waals surface area contributed by atoms with Crippen molar-refractivity contribution in [1.29, 1.82) is 0 Å². The second kappa shape index (κ2) is 7.81. The lowest BCUT2D eigenvalue weighted by Crippen LogP contribution is -2.40. The number of sulfonamides is 1. The van der Waals surface area contributed by atoms with Gasteiger partial charge < -0.3 is 9.47 Å². The maximum Gasteiger partial charge on any atom is 0.243 e. The van der Waals surface area contributed by atoms with Gasteiger partial charge in [0.2, 0.25) is 10.0 Å². The van der Waals surface area contributed by atoms with Crippen LogP contribution in [0.25, 0.3) is 0 Å². The van der Waals surface area contributed by atoms with Crippen LogP contribution in [0.4, 0.5) is 0 Å². The summed E-state index contributed by atoms with van der Waals surface area (Å²) < 4.78 is 37.2. The van der Waals surface area contributed by atoms with Crippen LogP contribution in [0.3, 0.4) is 0 Å². The lowest BCUT2D eigenvalue weighted by Gasteiger charge is -2.26. The molecule has 1 saturated heterocycles. The normalized spacial score (nSPS) is 15.5. The lowest BCUT2D eigenvalue weighted by molar-refractivity contribution is 0.0730. The quantitative estimate of drug-likeness (QED) is 0.782. The van der Waals surface area contributed by atoms with E-state index in [2.05, 4.69) is 11.8 Å². The Morgan fingerprint density at radius 1 is 1.17 bits per heavy atom. The summed E-state index contributed by atoms with van der Waals surface area (Å²) in [7, 11) is -3.46. The largest absolute Gasteiger partial charge is 0.481 e. The zero-order valence-corrected chi connectivity index (χ0v) is 14.6. The predicted octanol–water partition coefficient (Wildman–Crippen LogP) is 2.20. The smallest absolute Gasteiger partial charge is 0.243 e. The molecule has 5 nitrogen and oxygen atoms in total. The third kappa shape index (κ3) is 4.16. The molecule has 1 aromatic heterocycles. The molecule has 2 aromatic rings. The molecule has 2 heterocycles. The van der Waals surface area contributed by atoms with Crippen LogP contribution >= 0.6 is 11.3 Å². The summed E-state index contributed by atoms with van der Waals surface area (Å²) in [4.78, 5) is 1.26.